The number of nitrogens with zero attached hydrogens (tertiary/aromatic N) is 4. The number of nitrogens with two attached hydrogens (primary N) is 1. The minimum absolute atomic E-state index is 0.0163. The number of allylic oxidation sites excluding steroid dienone is 2. The summed E-state index contributed by atoms with van der Waals surface area (Å²) in [7, 11) is 2.62. The molecule has 1 aliphatic heterocycles. The Labute approximate surface area is 214 Å². The summed E-state index contributed by atoms with van der Waals surface area (Å²) in [6, 6.07) is 5.13. The van der Waals surface area contributed by atoms with Crippen LogP contribution in [0.15, 0.2) is 35.2 Å². The van der Waals surface area contributed by atoms with E-state index in [1.165, 1.54) is 20.3 Å². The first-order valence-corrected chi connectivity index (χ1v) is 12.1. The largest absolute Gasteiger partial charge is 0.494 e. The molecule has 1 aliphatic rings. The summed E-state index contributed by atoms with van der Waals surface area (Å²) in [5.41, 5.74) is 8.07. The molecule has 0 spiro atoms. The first kappa shape index (κ1) is 26.1. The molecule has 2 aromatic heterocycles. The van der Waals surface area contributed by atoms with Crippen LogP contribution in [0.3, 0.4) is 0 Å². The first-order valence-electron chi connectivity index (χ1n) is 12.1. The number of aromatic nitrogens is 2. The van der Waals surface area contributed by atoms with Gasteiger partial charge >= 0.3 is 0 Å². The van der Waals surface area contributed by atoms with E-state index in [1.807, 2.05) is 6.07 Å². The van der Waals surface area contributed by atoms with E-state index in [9.17, 15) is 14.0 Å². The van der Waals surface area contributed by atoms with Gasteiger partial charge in [0.1, 0.15) is 17.4 Å². The van der Waals surface area contributed by atoms with Gasteiger partial charge in [-0.3, -0.25) is 4.99 Å². The molecule has 10 heteroatoms. The van der Waals surface area contributed by atoms with E-state index in [0.29, 0.717) is 27.7 Å². The number of H-pyrrole nitrogens is 1. The predicted molar refractivity (Wildman–Crippen MR) is 139 cm³/mol. The lowest BCUT2D eigenvalue weighted by Crippen LogP contribution is -2.35. The summed E-state index contributed by atoms with van der Waals surface area (Å²) in [5, 5.41) is 10.2. The highest BCUT2D eigenvalue weighted by Crippen LogP contribution is 2.34. The fraction of sp³-hybridized carbons (Fsp3) is 0.370. The quantitative estimate of drug-likeness (QED) is 0.348. The van der Waals surface area contributed by atoms with Crippen molar-refractivity contribution < 1.29 is 18.3 Å². The fourth-order valence-corrected chi connectivity index (χ4v) is 4.56. The Morgan fingerprint density at radius 1 is 1.24 bits per heavy atom. The number of ether oxygens (including phenoxy) is 2. The summed E-state index contributed by atoms with van der Waals surface area (Å²) < 4.78 is 40.1. The molecular weight excluding hydrogens is 478 g/mol. The van der Waals surface area contributed by atoms with Crippen molar-refractivity contribution >= 4 is 22.8 Å². The number of hydrogen-bond donors (Lipinski definition) is 2. The van der Waals surface area contributed by atoms with Crippen molar-refractivity contribution in [1.29, 1.82) is 5.26 Å². The van der Waals surface area contributed by atoms with E-state index in [2.05, 4.69) is 21.8 Å². The lowest BCUT2D eigenvalue weighted by Gasteiger charge is -2.28. The van der Waals surface area contributed by atoms with Gasteiger partial charge in [-0.25, -0.2) is 13.8 Å². The molecule has 0 aliphatic carbocycles. The number of nitrogens with one attached hydrogen (secondary N) is 1. The van der Waals surface area contributed by atoms with E-state index in [4.69, 9.17) is 20.2 Å². The van der Waals surface area contributed by atoms with Crippen LogP contribution in [0.5, 0.6) is 11.5 Å². The number of nitriles is 1. The normalized spacial score (nSPS) is 15.7. The molecule has 1 saturated heterocycles. The van der Waals surface area contributed by atoms with E-state index in [-0.39, 0.29) is 35.2 Å². The number of aliphatic imine (C=N–C) groups is 1. The van der Waals surface area contributed by atoms with Crippen LogP contribution in [0.25, 0.3) is 16.6 Å². The second-order valence-corrected chi connectivity index (χ2v) is 8.88. The van der Waals surface area contributed by atoms with E-state index in [0.717, 1.165) is 32.5 Å². The minimum atomic E-state index is -0.796. The van der Waals surface area contributed by atoms with Gasteiger partial charge < -0.3 is 25.1 Å². The molecular formula is C27H30F2N6O2. The van der Waals surface area contributed by atoms with E-state index < -0.39 is 11.6 Å². The van der Waals surface area contributed by atoms with Crippen LogP contribution in [-0.4, -0.2) is 61.0 Å². The molecule has 0 unspecified atom stereocenters. The summed E-state index contributed by atoms with van der Waals surface area (Å²) in [4.78, 5) is 14.6. The van der Waals surface area contributed by atoms with Crippen LogP contribution in [0, 0.1) is 23.0 Å². The molecule has 0 radical (unpaired) electrons. The number of hydrogen-bond acceptors (Lipinski definition) is 7. The number of fused-ring (bicyclic) bond motifs is 1. The number of benzene rings is 1. The second kappa shape index (κ2) is 11.4. The van der Waals surface area contributed by atoms with Crippen molar-refractivity contribution in [3.8, 4) is 17.6 Å². The third kappa shape index (κ3) is 5.42. The molecule has 3 heterocycles. The van der Waals surface area contributed by atoms with Crippen LogP contribution in [0.2, 0.25) is 0 Å². The third-order valence-corrected chi connectivity index (χ3v) is 6.79. The molecule has 1 fully saturated rings. The minimum Gasteiger partial charge on any atom is -0.494 e. The Morgan fingerprint density at radius 2 is 1.92 bits per heavy atom. The van der Waals surface area contributed by atoms with Gasteiger partial charge in [-0.1, -0.05) is 6.92 Å². The first-order chi connectivity index (χ1) is 17.9. The zero-order valence-corrected chi connectivity index (χ0v) is 21.1. The molecule has 0 atom stereocenters. The zero-order chi connectivity index (χ0) is 26.5. The molecule has 0 amide bonds. The second-order valence-electron chi connectivity index (χ2n) is 8.88. The Kier molecular flexibility index (Phi) is 8.04. The maximum absolute atomic E-state index is 15.0. The summed E-state index contributed by atoms with van der Waals surface area (Å²) in [5.74, 6) is -1.82. The molecule has 8 nitrogen and oxygen atoms in total. The van der Waals surface area contributed by atoms with Gasteiger partial charge in [-0.05, 0) is 31.0 Å². The Bertz CT molecular complexity index is 1360. The fourth-order valence-electron chi connectivity index (χ4n) is 4.56. The highest BCUT2D eigenvalue weighted by atomic mass is 19.1. The third-order valence-electron chi connectivity index (χ3n) is 6.79. The number of methoxy groups -OCH3 is 2. The van der Waals surface area contributed by atoms with Crippen LogP contribution in [0.4, 0.5) is 8.78 Å². The van der Waals surface area contributed by atoms with Gasteiger partial charge in [-0.2, -0.15) is 5.26 Å². The van der Waals surface area contributed by atoms with Crippen LogP contribution in [-0.2, 0) is 6.42 Å². The molecule has 1 aromatic carbocycles. The average molecular weight is 509 g/mol. The van der Waals surface area contributed by atoms with E-state index in [1.54, 1.807) is 24.7 Å². The molecule has 194 valence electrons. The molecule has 3 aromatic rings. The highest BCUT2D eigenvalue weighted by molar-refractivity contribution is 6.12. The van der Waals surface area contributed by atoms with Crippen molar-refractivity contribution in [2.75, 3.05) is 33.9 Å². The number of rotatable bonds is 8. The molecule has 37 heavy (non-hydrogen) atoms. The Balaban J connectivity index is 1.69. The highest BCUT2D eigenvalue weighted by Gasteiger charge is 2.22. The summed E-state index contributed by atoms with van der Waals surface area (Å²) >= 11 is 0. The zero-order valence-electron chi connectivity index (χ0n) is 21.1. The Morgan fingerprint density at radius 3 is 2.51 bits per heavy atom. The maximum Gasteiger partial charge on any atom is 0.171 e. The van der Waals surface area contributed by atoms with Gasteiger partial charge in [-0.15, -0.1) is 0 Å². The van der Waals surface area contributed by atoms with Crippen molar-refractivity contribution in [1.82, 2.24) is 14.9 Å². The predicted octanol–water partition coefficient (Wildman–Crippen LogP) is 4.20. The van der Waals surface area contributed by atoms with Crippen molar-refractivity contribution in [3.05, 3.63) is 58.5 Å². The number of piperidine rings is 1. The average Bonchev–Trinajstić information content (AvgIpc) is 3.33. The van der Waals surface area contributed by atoms with Gasteiger partial charge in [0.15, 0.2) is 23.1 Å². The monoisotopic (exact) mass is 508 g/mol. The Hall–Kier alpha value is -3.97. The van der Waals surface area contributed by atoms with Crippen LogP contribution >= 0.6 is 0 Å². The van der Waals surface area contributed by atoms with Crippen LogP contribution < -0.4 is 15.2 Å². The number of likely N-dealkylation sites (tertiary alicyclic amines) is 1. The van der Waals surface area contributed by atoms with Crippen molar-refractivity contribution in [2.24, 2.45) is 10.7 Å². The molecule has 4 rings (SSSR count). The van der Waals surface area contributed by atoms with Gasteiger partial charge in [0, 0.05) is 66.3 Å². The standard InChI is InChI=1S/C27H30F2N6O2/c1-4-35-7-5-18(6-8-35)32-15-21(22(31)12-30)17-9-19-16(13-33-27(19)34-14-17)10-20-25(28)23(36-2)11-24(37-3)26(20)29/h9,11,13-15,18H,4-8,10,31H2,1-3H3,(H,33,34). The summed E-state index contributed by atoms with van der Waals surface area (Å²) in [6.45, 7) is 5.12. The van der Waals surface area contributed by atoms with Gasteiger partial charge in [0.05, 0.1) is 20.3 Å². The lowest BCUT2D eigenvalue weighted by atomic mass is 10.00. The summed E-state index contributed by atoms with van der Waals surface area (Å²) in [6.07, 6.45) is 6.69. The number of pyridine rings is 1. The number of aromatic amines is 1. The van der Waals surface area contributed by atoms with Crippen molar-refractivity contribution in [2.45, 2.75) is 32.2 Å². The number of halogens is 2. The van der Waals surface area contributed by atoms with Crippen molar-refractivity contribution in [3.63, 3.8) is 0 Å². The van der Waals surface area contributed by atoms with Gasteiger partial charge in [0.2, 0.25) is 0 Å². The SMILES string of the molecule is CCN1CCC(N=CC(=C(N)C#N)c2cnc3[nH]cc(Cc4c(F)c(OC)cc(OC)c4F)c3c2)CC1. The topological polar surface area (TPSA) is 113 Å². The molecule has 0 saturated carbocycles. The smallest absolute Gasteiger partial charge is 0.171 e. The van der Waals surface area contributed by atoms with Crippen LogP contribution in [0.1, 0.15) is 36.5 Å². The maximum atomic E-state index is 15.0. The van der Waals surface area contributed by atoms with E-state index >= 15 is 0 Å². The molecule has 3 N–H and O–H groups in total. The lowest BCUT2D eigenvalue weighted by molar-refractivity contribution is 0.224. The molecule has 0 bridgehead atoms. The van der Waals surface area contributed by atoms with Gasteiger partial charge in [0.25, 0.3) is 0 Å².